The second-order valence-corrected chi connectivity index (χ2v) is 5.40. The Morgan fingerprint density at radius 3 is 2.63 bits per heavy atom. The standard InChI is InChI=1S/C17H13N5O5/c23-15(13-7-4-8-14(9-13)22(25)26)11-27-16(24)10-21-19-17(18-20-21)12-5-2-1-3-6-12/h1-9H,10-11H2. The van der Waals surface area contributed by atoms with Crippen molar-refractivity contribution in [3.05, 3.63) is 70.3 Å². The Morgan fingerprint density at radius 2 is 1.89 bits per heavy atom. The summed E-state index contributed by atoms with van der Waals surface area (Å²) in [6, 6.07) is 14.3. The molecule has 136 valence electrons. The molecule has 1 heterocycles. The van der Waals surface area contributed by atoms with Crippen LogP contribution in [0.3, 0.4) is 0 Å². The van der Waals surface area contributed by atoms with Crippen molar-refractivity contribution in [2.75, 3.05) is 6.61 Å². The number of esters is 1. The summed E-state index contributed by atoms with van der Waals surface area (Å²) in [5.74, 6) is -0.926. The molecule has 10 nitrogen and oxygen atoms in total. The summed E-state index contributed by atoms with van der Waals surface area (Å²) in [5, 5.41) is 22.4. The summed E-state index contributed by atoms with van der Waals surface area (Å²) in [4.78, 5) is 35.1. The molecule has 0 N–H and O–H groups in total. The highest BCUT2D eigenvalue weighted by Gasteiger charge is 2.15. The number of carbonyl (C=O) groups excluding carboxylic acids is 2. The molecule has 0 bridgehead atoms. The maximum absolute atomic E-state index is 12.0. The van der Waals surface area contributed by atoms with Crippen molar-refractivity contribution in [3.63, 3.8) is 0 Å². The topological polar surface area (TPSA) is 130 Å². The zero-order valence-corrected chi connectivity index (χ0v) is 13.9. The Morgan fingerprint density at radius 1 is 1.11 bits per heavy atom. The molecule has 1 aromatic heterocycles. The Kier molecular flexibility index (Phi) is 5.26. The largest absolute Gasteiger partial charge is 0.456 e. The SMILES string of the molecule is O=C(Cn1nnc(-c2ccccc2)n1)OCC(=O)c1cccc([N+](=O)[O-])c1. The molecule has 0 aliphatic carbocycles. The molecule has 0 amide bonds. The maximum Gasteiger partial charge on any atom is 0.330 e. The third kappa shape index (κ3) is 4.57. The Balaban J connectivity index is 1.56. The molecule has 0 saturated heterocycles. The molecule has 3 rings (SSSR count). The van der Waals surface area contributed by atoms with Crippen molar-refractivity contribution in [1.82, 2.24) is 20.2 Å². The Bertz CT molecular complexity index is 986. The molecule has 0 unspecified atom stereocenters. The van der Waals surface area contributed by atoms with Gasteiger partial charge in [0.25, 0.3) is 5.69 Å². The Hall–Kier alpha value is -3.95. The number of nitro groups is 1. The number of rotatable bonds is 7. The van der Waals surface area contributed by atoms with Crippen LogP contribution in [0.15, 0.2) is 54.6 Å². The van der Waals surface area contributed by atoms with Crippen LogP contribution in [-0.2, 0) is 16.1 Å². The molecular formula is C17H13N5O5. The van der Waals surface area contributed by atoms with Crippen LogP contribution < -0.4 is 0 Å². The van der Waals surface area contributed by atoms with Crippen LogP contribution in [0.4, 0.5) is 5.69 Å². The minimum Gasteiger partial charge on any atom is -0.456 e. The molecule has 0 radical (unpaired) electrons. The number of carbonyl (C=O) groups is 2. The summed E-state index contributed by atoms with van der Waals surface area (Å²) < 4.78 is 4.89. The highest BCUT2D eigenvalue weighted by Crippen LogP contribution is 2.14. The lowest BCUT2D eigenvalue weighted by Gasteiger charge is -2.03. The fraction of sp³-hybridized carbons (Fsp3) is 0.118. The van der Waals surface area contributed by atoms with Crippen LogP contribution in [0.2, 0.25) is 0 Å². The molecule has 0 atom stereocenters. The second-order valence-electron chi connectivity index (χ2n) is 5.40. The number of Topliss-reactive ketones (excluding diaryl/α,β-unsaturated/α-hetero) is 1. The van der Waals surface area contributed by atoms with E-state index in [1.165, 1.54) is 18.2 Å². The maximum atomic E-state index is 12.0. The van der Waals surface area contributed by atoms with E-state index in [0.717, 1.165) is 16.4 Å². The van der Waals surface area contributed by atoms with E-state index < -0.39 is 23.3 Å². The predicted octanol–water partition coefficient (Wildman–Crippen LogP) is 1.67. The van der Waals surface area contributed by atoms with Crippen LogP contribution in [0, 0.1) is 10.1 Å². The van der Waals surface area contributed by atoms with Gasteiger partial charge in [-0.3, -0.25) is 14.9 Å². The van der Waals surface area contributed by atoms with E-state index in [1.54, 1.807) is 12.1 Å². The fourth-order valence-corrected chi connectivity index (χ4v) is 2.20. The molecule has 10 heteroatoms. The number of hydrogen-bond acceptors (Lipinski definition) is 8. The average Bonchev–Trinajstić information content (AvgIpc) is 3.15. The third-order valence-corrected chi connectivity index (χ3v) is 3.50. The van der Waals surface area contributed by atoms with E-state index in [0.29, 0.717) is 5.82 Å². The van der Waals surface area contributed by atoms with E-state index in [4.69, 9.17) is 4.74 Å². The van der Waals surface area contributed by atoms with Gasteiger partial charge in [-0.25, -0.2) is 4.79 Å². The number of ketones is 1. The summed E-state index contributed by atoms with van der Waals surface area (Å²) in [6.07, 6.45) is 0. The van der Waals surface area contributed by atoms with Gasteiger partial charge >= 0.3 is 5.97 Å². The number of nitrogens with zero attached hydrogens (tertiary/aromatic N) is 5. The lowest BCUT2D eigenvalue weighted by Crippen LogP contribution is -2.19. The molecular weight excluding hydrogens is 354 g/mol. The Labute approximate surface area is 152 Å². The molecule has 27 heavy (non-hydrogen) atoms. The van der Waals surface area contributed by atoms with Gasteiger partial charge in [0, 0.05) is 23.3 Å². The van der Waals surface area contributed by atoms with Crippen molar-refractivity contribution in [1.29, 1.82) is 0 Å². The van der Waals surface area contributed by atoms with E-state index in [9.17, 15) is 19.7 Å². The number of hydrogen-bond donors (Lipinski definition) is 0. The van der Waals surface area contributed by atoms with E-state index in [1.807, 2.05) is 18.2 Å². The van der Waals surface area contributed by atoms with E-state index >= 15 is 0 Å². The van der Waals surface area contributed by atoms with Gasteiger partial charge in [-0.05, 0) is 5.21 Å². The minimum absolute atomic E-state index is 0.0854. The molecule has 0 spiro atoms. The first-order chi connectivity index (χ1) is 13.0. The lowest BCUT2D eigenvalue weighted by atomic mass is 10.1. The first kappa shape index (κ1) is 17.9. The van der Waals surface area contributed by atoms with Crippen LogP contribution >= 0.6 is 0 Å². The number of benzene rings is 2. The van der Waals surface area contributed by atoms with Gasteiger partial charge in [-0.1, -0.05) is 42.5 Å². The summed E-state index contributed by atoms with van der Waals surface area (Å²) in [6.45, 7) is -0.859. The van der Waals surface area contributed by atoms with Crippen molar-refractivity contribution < 1.29 is 19.2 Å². The normalized spacial score (nSPS) is 10.4. The smallest absolute Gasteiger partial charge is 0.330 e. The van der Waals surface area contributed by atoms with Gasteiger partial charge in [0.2, 0.25) is 11.6 Å². The van der Waals surface area contributed by atoms with Crippen molar-refractivity contribution >= 4 is 17.4 Å². The molecule has 3 aromatic rings. The summed E-state index contributed by atoms with van der Waals surface area (Å²) in [5.41, 5.74) is 0.618. The molecule has 2 aromatic carbocycles. The van der Waals surface area contributed by atoms with Gasteiger partial charge < -0.3 is 4.74 Å². The van der Waals surface area contributed by atoms with Gasteiger partial charge in [0.1, 0.15) is 0 Å². The third-order valence-electron chi connectivity index (χ3n) is 3.50. The highest BCUT2D eigenvalue weighted by atomic mass is 16.6. The number of non-ortho nitro benzene ring substituents is 1. The second kappa shape index (κ2) is 7.95. The van der Waals surface area contributed by atoms with E-state index in [-0.39, 0.29) is 17.8 Å². The van der Waals surface area contributed by atoms with Gasteiger partial charge in [0.05, 0.1) is 4.92 Å². The van der Waals surface area contributed by atoms with E-state index in [2.05, 4.69) is 15.4 Å². The average molecular weight is 367 g/mol. The highest BCUT2D eigenvalue weighted by molar-refractivity contribution is 5.98. The van der Waals surface area contributed by atoms with Crippen LogP contribution in [0.25, 0.3) is 11.4 Å². The van der Waals surface area contributed by atoms with Crippen molar-refractivity contribution in [2.45, 2.75) is 6.54 Å². The molecule has 0 fully saturated rings. The molecule has 0 aliphatic rings. The quantitative estimate of drug-likeness (QED) is 0.267. The number of ether oxygens (including phenoxy) is 1. The van der Waals surface area contributed by atoms with Gasteiger partial charge in [0.15, 0.2) is 13.2 Å². The zero-order valence-electron chi connectivity index (χ0n) is 13.9. The van der Waals surface area contributed by atoms with Gasteiger partial charge in [-0.15, -0.1) is 10.2 Å². The molecule has 0 aliphatic heterocycles. The van der Waals surface area contributed by atoms with Crippen LogP contribution in [0.5, 0.6) is 0 Å². The minimum atomic E-state index is -0.731. The monoisotopic (exact) mass is 367 g/mol. The summed E-state index contributed by atoms with van der Waals surface area (Å²) in [7, 11) is 0. The zero-order chi connectivity index (χ0) is 19.2. The summed E-state index contributed by atoms with van der Waals surface area (Å²) >= 11 is 0. The van der Waals surface area contributed by atoms with Gasteiger partial charge in [-0.2, -0.15) is 4.80 Å². The molecule has 0 saturated carbocycles. The fourth-order valence-electron chi connectivity index (χ4n) is 2.20. The number of tetrazole rings is 1. The first-order valence-corrected chi connectivity index (χ1v) is 7.79. The van der Waals surface area contributed by atoms with Crippen LogP contribution in [-0.4, -0.2) is 43.5 Å². The predicted molar refractivity (Wildman–Crippen MR) is 91.6 cm³/mol. The number of nitro benzene ring substituents is 1. The van der Waals surface area contributed by atoms with Crippen molar-refractivity contribution in [3.8, 4) is 11.4 Å². The number of aromatic nitrogens is 4. The lowest BCUT2D eigenvalue weighted by molar-refractivity contribution is -0.384. The first-order valence-electron chi connectivity index (χ1n) is 7.79. The van der Waals surface area contributed by atoms with Crippen molar-refractivity contribution in [2.24, 2.45) is 0 Å². The van der Waals surface area contributed by atoms with Crippen LogP contribution in [0.1, 0.15) is 10.4 Å².